The maximum atomic E-state index is 13.7. The molecule has 0 radical (unpaired) electrons. The van der Waals surface area contributed by atoms with Crippen LogP contribution in [0, 0.1) is 17.6 Å². The Labute approximate surface area is 148 Å². The van der Waals surface area contributed by atoms with Gasteiger partial charge in [0.2, 0.25) is 5.91 Å². The van der Waals surface area contributed by atoms with Gasteiger partial charge < -0.3 is 10.6 Å². The standard InChI is InChI=1S/C19H28F2N2O2/c1-5-6-7-9-13(4)22-19(25)17(12(2)3)23-18(24)16-14(20)10-8-11-15(16)21/h8,10-13,17H,5-7,9H2,1-4H3,(H,22,25)(H,23,24). The van der Waals surface area contributed by atoms with Crippen LogP contribution in [0.5, 0.6) is 0 Å². The number of carbonyl (C=O) groups excluding carboxylic acids is 2. The van der Waals surface area contributed by atoms with E-state index in [-0.39, 0.29) is 17.9 Å². The van der Waals surface area contributed by atoms with E-state index in [0.717, 1.165) is 37.8 Å². The zero-order valence-electron chi connectivity index (χ0n) is 15.4. The molecular weight excluding hydrogens is 326 g/mol. The van der Waals surface area contributed by atoms with Gasteiger partial charge in [-0.15, -0.1) is 0 Å². The quantitative estimate of drug-likeness (QED) is 0.663. The first-order valence-electron chi connectivity index (χ1n) is 8.83. The van der Waals surface area contributed by atoms with Gasteiger partial charge in [0.1, 0.15) is 23.2 Å². The molecule has 0 aliphatic heterocycles. The highest BCUT2D eigenvalue weighted by Gasteiger charge is 2.27. The van der Waals surface area contributed by atoms with Gasteiger partial charge in [-0.1, -0.05) is 46.1 Å². The third-order valence-electron chi connectivity index (χ3n) is 4.05. The van der Waals surface area contributed by atoms with E-state index >= 15 is 0 Å². The summed E-state index contributed by atoms with van der Waals surface area (Å²) in [4.78, 5) is 24.7. The van der Waals surface area contributed by atoms with Gasteiger partial charge in [-0.25, -0.2) is 8.78 Å². The Bertz CT molecular complexity index is 571. The summed E-state index contributed by atoms with van der Waals surface area (Å²) in [6.45, 7) is 7.55. The molecular formula is C19H28F2N2O2. The van der Waals surface area contributed by atoms with Crippen molar-refractivity contribution in [3.8, 4) is 0 Å². The Balaban J connectivity index is 2.76. The average Bonchev–Trinajstić information content (AvgIpc) is 2.52. The van der Waals surface area contributed by atoms with E-state index in [1.165, 1.54) is 6.07 Å². The van der Waals surface area contributed by atoms with Crippen LogP contribution >= 0.6 is 0 Å². The van der Waals surface area contributed by atoms with Crippen LogP contribution in [0.25, 0.3) is 0 Å². The minimum absolute atomic E-state index is 0.0256. The summed E-state index contributed by atoms with van der Waals surface area (Å²) in [6.07, 6.45) is 4.05. The summed E-state index contributed by atoms with van der Waals surface area (Å²) < 4.78 is 27.5. The predicted molar refractivity (Wildman–Crippen MR) is 94.2 cm³/mol. The van der Waals surface area contributed by atoms with Gasteiger partial charge in [-0.3, -0.25) is 9.59 Å². The number of benzene rings is 1. The number of halogens is 2. The zero-order valence-corrected chi connectivity index (χ0v) is 15.4. The van der Waals surface area contributed by atoms with Crippen molar-refractivity contribution in [3.63, 3.8) is 0 Å². The molecule has 0 heterocycles. The fourth-order valence-corrected chi connectivity index (χ4v) is 2.57. The van der Waals surface area contributed by atoms with E-state index < -0.39 is 29.1 Å². The van der Waals surface area contributed by atoms with E-state index in [4.69, 9.17) is 0 Å². The highest BCUT2D eigenvalue weighted by molar-refractivity contribution is 5.98. The average molecular weight is 354 g/mol. The van der Waals surface area contributed by atoms with E-state index in [1.807, 2.05) is 6.92 Å². The molecule has 0 saturated heterocycles. The number of unbranched alkanes of at least 4 members (excludes halogenated alkanes) is 2. The summed E-state index contributed by atoms with van der Waals surface area (Å²) in [5.74, 6) is -3.39. The molecule has 2 unspecified atom stereocenters. The molecule has 0 saturated carbocycles. The van der Waals surface area contributed by atoms with Crippen LogP contribution in [0.2, 0.25) is 0 Å². The van der Waals surface area contributed by atoms with Gasteiger partial charge in [-0.05, 0) is 31.4 Å². The van der Waals surface area contributed by atoms with Crippen molar-refractivity contribution in [2.24, 2.45) is 5.92 Å². The third-order valence-corrected chi connectivity index (χ3v) is 4.05. The molecule has 1 aromatic rings. The minimum atomic E-state index is -0.951. The van der Waals surface area contributed by atoms with Crippen LogP contribution in [0.4, 0.5) is 8.78 Å². The molecule has 2 amide bonds. The van der Waals surface area contributed by atoms with Crippen LogP contribution in [0.1, 0.15) is 63.7 Å². The summed E-state index contributed by atoms with van der Waals surface area (Å²) in [7, 11) is 0. The SMILES string of the molecule is CCCCCC(C)NC(=O)C(NC(=O)c1c(F)cccc1F)C(C)C. The van der Waals surface area contributed by atoms with Gasteiger partial charge >= 0.3 is 0 Å². The van der Waals surface area contributed by atoms with Gasteiger partial charge in [0, 0.05) is 6.04 Å². The van der Waals surface area contributed by atoms with Crippen molar-refractivity contribution in [3.05, 3.63) is 35.4 Å². The Morgan fingerprint density at radius 3 is 2.16 bits per heavy atom. The van der Waals surface area contributed by atoms with E-state index in [1.54, 1.807) is 13.8 Å². The minimum Gasteiger partial charge on any atom is -0.352 e. The molecule has 2 atom stereocenters. The predicted octanol–water partition coefficient (Wildman–Crippen LogP) is 3.80. The number of hydrogen-bond donors (Lipinski definition) is 2. The molecule has 0 fully saturated rings. The van der Waals surface area contributed by atoms with Crippen LogP contribution in [-0.4, -0.2) is 23.9 Å². The lowest BCUT2D eigenvalue weighted by Crippen LogP contribution is -2.51. The molecule has 0 spiro atoms. The van der Waals surface area contributed by atoms with E-state index in [9.17, 15) is 18.4 Å². The largest absolute Gasteiger partial charge is 0.352 e. The second-order valence-corrected chi connectivity index (χ2v) is 6.70. The first-order chi connectivity index (χ1) is 11.8. The lowest BCUT2D eigenvalue weighted by molar-refractivity contribution is -0.124. The van der Waals surface area contributed by atoms with Gasteiger partial charge in [0.05, 0.1) is 0 Å². The Hall–Kier alpha value is -1.98. The molecule has 6 heteroatoms. The highest BCUT2D eigenvalue weighted by atomic mass is 19.1. The molecule has 0 aromatic heterocycles. The summed E-state index contributed by atoms with van der Waals surface area (Å²) >= 11 is 0. The Morgan fingerprint density at radius 1 is 1.04 bits per heavy atom. The van der Waals surface area contributed by atoms with Gasteiger partial charge in [-0.2, -0.15) is 0 Å². The van der Waals surface area contributed by atoms with Crippen molar-refractivity contribution >= 4 is 11.8 Å². The summed E-state index contributed by atoms with van der Waals surface area (Å²) in [5, 5.41) is 5.32. The van der Waals surface area contributed by atoms with Crippen molar-refractivity contribution < 1.29 is 18.4 Å². The topological polar surface area (TPSA) is 58.2 Å². The smallest absolute Gasteiger partial charge is 0.257 e. The molecule has 2 N–H and O–H groups in total. The summed E-state index contributed by atoms with van der Waals surface area (Å²) in [6, 6.07) is 2.32. The van der Waals surface area contributed by atoms with E-state index in [0.29, 0.717) is 0 Å². The highest BCUT2D eigenvalue weighted by Crippen LogP contribution is 2.13. The molecule has 140 valence electrons. The van der Waals surface area contributed by atoms with Crippen molar-refractivity contribution in [2.45, 2.75) is 65.5 Å². The lowest BCUT2D eigenvalue weighted by Gasteiger charge is -2.24. The first-order valence-corrected chi connectivity index (χ1v) is 8.83. The molecule has 0 aliphatic carbocycles. The van der Waals surface area contributed by atoms with Crippen molar-refractivity contribution in [1.82, 2.24) is 10.6 Å². The molecule has 4 nitrogen and oxygen atoms in total. The van der Waals surface area contributed by atoms with Crippen LogP contribution in [0.3, 0.4) is 0 Å². The number of amides is 2. The molecule has 25 heavy (non-hydrogen) atoms. The number of rotatable bonds is 9. The second kappa shape index (κ2) is 10.1. The maximum absolute atomic E-state index is 13.7. The first kappa shape index (κ1) is 21.1. The Kier molecular flexibility index (Phi) is 8.52. The molecule has 0 aliphatic rings. The monoisotopic (exact) mass is 354 g/mol. The van der Waals surface area contributed by atoms with Crippen LogP contribution < -0.4 is 10.6 Å². The van der Waals surface area contributed by atoms with Crippen LogP contribution in [-0.2, 0) is 4.79 Å². The fraction of sp³-hybridized carbons (Fsp3) is 0.579. The maximum Gasteiger partial charge on any atom is 0.257 e. The van der Waals surface area contributed by atoms with Crippen LogP contribution in [0.15, 0.2) is 18.2 Å². The molecule has 1 aromatic carbocycles. The fourth-order valence-electron chi connectivity index (χ4n) is 2.57. The zero-order chi connectivity index (χ0) is 19.0. The van der Waals surface area contributed by atoms with Gasteiger partial charge in [0.25, 0.3) is 5.91 Å². The lowest BCUT2D eigenvalue weighted by atomic mass is 10.0. The second-order valence-electron chi connectivity index (χ2n) is 6.70. The number of carbonyl (C=O) groups is 2. The third kappa shape index (κ3) is 6.44. The van der Waals surface area contributed by atoms with Crippen molar-refractivity contribution in [2.75, 3.05) is 0 Å². The number of hydrogen-bond acceptors (Lipinski definition) is 2. The molecule has 1 rings (SSSR count). The normalized spacial score (nSPS) is 13.4. The van der Waals surface area contributed by atoms with Gasteiger partial charge in [0.15, 0.2) is 0 Å². The summed E-state index contributed by atoms with van der Waals surface area (Å²) in [5.41, 5.74) is -0.669. The number of nitrogens with one attached hydrogen (secondary N) is 2. The molecule has 0 bridgehead atoms. The Morgan fingerprint density at radius 2 is 1.64 bits per heavy atom. The van der Waals surface area contributed by atoms with E-state index in [2.05, 4.69) is 17.6 Å². The van der Waals surface area contributed by atoms with Crippen molar-refractivity contribution in [1.29, 1.82) is 0 Å².